The van der Waals surface area contributed by atoms with Crippen molar-refractivity contribution in [2.75, 3.05) is 18.5 Å². The third-order valence-corrected chi connectivity index (χ3v) is 3.24. The summed E-state index contributed by atoms with van der Waals surface area (Å²) < 4.78 is 5.55. The zero-order valence-corrected chi connectivity index (χ0v) is 12.5. The van der Waals surface area contributed by atoms with E-state index in [9.17, 15) is 0 Å². The summed E-state index contributed by atoms with van der Waals surface area (Å²) in [7, 11) is 0. The molecule has 20 heavy (non-hydrogen) atoms. The molecule has 0 aliphatic heterocycles. The van der Waals surface area contributed by atoms with Gasteiger partial charge >= 0.3 is 0 Å². The fourth-order valence-corrected chi connectivity index (χ4v) is 2.02. The van der Waals surface area contributed by atoms with E-state index in [1.807, 2.05) is 36.4 Å². The van der Waals surface area contributed by atoms with Crippen molar-refractivity contribution in [3.05, 3.63) is 59.1 Å². The molecule has 0 aliphatic carbocycles. The molecule has 0 aliphatic rings. The fraction of sp³-hybridized carbons (Fsp3) is 0.294. The Bertz CT molecular complexity index is 508. The lowest BCUT2D eigenvalue weighted by Gasteiger charge is -2.08. The van der Waals surface area contributed by atoms with Crippen molar-refractivity contribution in [2.24, 2.45) is 0 Å². The minimum absolute atomic E-state index is 0.767. The van der Waals surface area contributed by atoms with Crippen molar-refractivity contribution in [3.8, 4) is 5.75 Å². The lowest BCUT2D eigenvalue weighted by Crippen LogP contribution is -2.04. The Morgan fingerprint density at radius 3 is 2.35 bits per heavy atom. The number of halogens is 1. The number of nitrogens with one attached hydrogen (secondary N) is 1. The third-order valence-electron chi connectivity index (χ3n) is 2.98. The fourth-order valence-electron chi connectivity index (χ4n) is 1.89. The molecule has 0 saturated carbocycles. The molecule has 106 valence electrons. The van der Waals surface area contributed by atoms with Crippen molar-refractivity contribution in [3.63, 3.8) is 0 Å². The summed E-state index contributed by atoms with van der Waals surface area (Å²) in [6.07, 6.45) is 2.01. The van der Waals surface area contributed by atoms with Gasteiger partial charge in [0.1, 0.15) is 5.75 Å². The molecule has 0 bridgehead atoms. The number of hydrogen-bond donors (Lipinski definition) is 1. The number of rotatable bonds is 7. The largest absolute Gasteiger partial charge is 0.494 e. The van der Waals surface area contributed by atoms with Gasteiger partial charge in [-0.3, -0.25) is 0 Å². The van der Waals surface area contributed by atoms with Crippen LogP contribution < -0.4 is 10.1 Å². The highest BCUT2D eigenvalue weighted by Crippen LogP contribution is 2.16. The zero-order chi connectivity index (χ0) is 14.2. The van der Waals surface area contributed by atoms with Crippen LogP contribution in [-0.4, -0.2) is 13.2 Å². The molecule has 0 saturated heterocycles. The molecule has 0 amide bonds. The molecule has 2 nitrogen and oxygen atoms in total. The monoisotopic (exact) mass is 289 g/mol. The Labute approximate surface area is 125 Å². The smallest absolute Gasteiger partial charge is 0.119 e. The lowest BCUT2D eigenvalue weighted by molar-refractivity contribution is 0.317. The molecule has 0 heterocycles. The first-order chi connectivity index (χ1) is 9.78. The second-order valence-electron chi connectivity index (χ2n) is 4.68. The summed E-state index contributed by atoms with van der Waals surface area (Å²) in [5.41, 5.74) is 2.40. The van der Waals surface area contributed by atoms with Crippen LogP contribution in [0, 0.1) is 0 Å². The van der Waals surface area contributed by atoms with Crippen LogP contribution in [0.2, 0.25) is 5.02 Å². The van der Waals surface area contributed by atoms with E-state index in [4.69, 9.17) is 16.3 Å². The highest BCUT2D eigenvalue weighted by atomic mass is 35.5. The van der Waals surface area contributed by atoms with Gasteiger partial charge in [0.05, 0.1) is 6.61 Å². The summed E-state index contributed by atoms with van der Waals surface area (Å²) in [5.74, 6) is 0.926. The second kappa shape index (κ2) is 7.81. The SMILES string of the molecule is CCCOc1ccc(NCCc2ccc(Cl)cc2)cc1. The molecular weight excluding hydrogens is 270 g/mol. The van der Waals surface area contributed by atoms with Crippen LogP contribution in [0.4, 0.5) is 5.69 Å². The van der Waals surface area contributed by atoms with E-state index >= 15 is 0 Å². The van der Waals surface area contributed by atoms with Crippen molar-refractivity contribution in [2.45, 2.75) is 19.8 Å². The van der Waals surface area contributed by atoms with Gasteiger partial charge in [-0.05, 0) is 54.8 Å². The number of hydrogen-bond acceptors (Lipinski definition) is 2. The van der Waals surface area contributed by atoms with E-state index in [0.717, 1.165) is 42.5 Å². The predicted molar refractivity (Wildman–Crippen MR) is 85.9 cm³/mol. The number of anilines is 1. The Kier molecular flexibility index (Phi) is 5.75. The van der Waals surface area contributed by atoms with E-state index in [1.165, 1.54) is 5.56 Å². The van der Waals surface area contributed by atoms with Gasteiger partial charge in [0.15, 0.2) is 0 Å². The molecule has 0 unspecified atom stereocenters. The maximum Gasteiger partial charge on any atom is 0.119 e. The second-order valence-corrected chi connectivity index (χ2v) is 5.11. The first-order valence-corrected chi connectivity index (χ1v) is 7.37. The molecule has 2 aromatic carbocycles. The average molecular weight is 290 g/mol. The normalized spacial score (nSPS) is 10.3. The molecule has 0 atom stereocenters. The summed E-state index contributed by atoms with van der Waals surface area (Å²) in [4.78, 5) is 0. The van der Waals surface area contributed by atoms with Gasteiger partial charge in [-0.2, -0.15) is 0 Å². The van der Waals surface area contributed by atoms with Crippen LogP contribution in [-0.2, 0) is 6.42 Å². The number of ether oxygens (including phenoxy) is 1. The predicted octanol–water partition coefficient (Wildman–Crippen LogP) is 4.78. The maximum absolute atomic E-state index is 5.87. The van der Waals surface area contributed by atoms with Gasteiger partial charge in [0.2, 0.25) is 0 Å². The molecule has 2 rings (SSSR count). The Morgan fingerprint density at radius 1 is 1.00 bits per heavy atom. The van der Waals surface area contributed by atoms with Gasteiger partial charge < -0.3 is 10.1 Å². The van der Waals surface area contributed by atoms with E-state index in [2.05, 4.69) is 24.4 Å². The molecule has 1 N–H and O–H groups in total. The van der Waals surface area contributed by atoms with Crippen LogP contribution in [0.25, 0.3) is 0 Å². The van der Waals surface area contributed by atoms with Crippen LogP contribution >= 0.6 is 11.6 Å². The molecule has 0 radical (unpaired) electrons. The topological polar surface area (TPSA) is 21.3 Å². The Hall–Kier alpha value is -1.67. The van der Waals surface area contributed by atoms with E-state index in [0.29, 0.717) is 0 Å². The lowest BCUT2D eigenvalue weighted by atomic mass is 10.1. The van der Waals surface area contributed by atoms with Gasteiger partial charge in [-0.25, -0.2) is 0 Å². The van der Waals surface area contributed by atoms with Crippen molar-refractivity contribution in [1.82, 2.24) is 0 Å². The quantitative estimate of drug-likeness (QED) is 0.792. The first kappa shape index (κ1) is 14.7. The molecule has 0 spiro atoms. The minimum atomic E-state index is 0.767. The first-order valence-electron chi connectivity index (χ1n) is 6.99. The zero-order valence-electron chi connectivity index (χ0n) is 11.7. The van der Waals surface area contributed by atoms with Crippen molar-refractivity contribution in [1.29, 1.82) is 0 Å². The summed E-state index contributed by atoms with van der Waals surface area (Å²) in [5, 5.41) is 4.18. The average Bonchev–Trinajstić information content (AvgIpc) is 2.48. The molecule has 0 fully saturated rings. The summed E-state index contributed by atoms with van der Waals surface area (Å²) in [6, 6.07) is 16.1. The van der Waals surface area contributed by atoms with Gasteiger partial charge in [0.25, 0.3) is 0 Å². The summed E-state index contributed by atoms with van der Waals surface area (Å²) >= 11 is 5.87. The van der Waals surface area contributed by atoms with Crippen molar-refractivity contribution >= 4 is 17.3 Å². The van der Waals surface area contributed by atoms with Gasteiger partial charge in [-0.1, -0.05) is 30.7 Å². The molecule has 2 aromatic rings. The van der Waals surface area contributed by atoms with E-state index in [1.54, 1.807) is 0 Å². The Morgan fingerprint density at radius 2 is 1.70 bits per heavy atom. The molecular formula is C17H20ClNO. The van der Waals surface area contributed by atoms with Crippen LogP contribution in [0.5, 0.6) is 5.75 Å². The standard InChI is InChI=1S/C17H20ClNO/c1-2-13-20-17-9-7-16(8-10-17)19-12-11-14-3-5-15(18)6-4-14/h3-10,19H,2,11-13H2,1H3. The number of benzene rings is 2. The van der Waals surface area contributed by atoms with Gasteiger partial charge in [0, 0.05) is 17.3 Å². The van der Waals surface area contributed by atoms with Gasteiger partial charge in [-0.15, -0.1) is 0 Å². The highest BCUT2D eigenvalue weighted by molar-refractivity contribution is 6.30. The summed E-state index contributed by atoms with van der Waals surface area (Å²) in [6.45, 7) is 3.77. The van der Waals surface area contributed by atoms with Crippen LogP contribution in [0.15, 0.2) is 48.5 Å². The highest BCUT2D eigenvalue weighted by Gasteiger charge is 1.96. The minimum Gasteiger partial charge on any atom is -0.494 e. The van der Waals surface area contributed by atoms with Crippen LogP contribution in [0.3, 0.4) is 0 Å². The molecule has 3 heteroatoms. The van der Waals surface area contributed by atoms with Crippen LogP contribution in [0.1, 0.15) is 18.9 Å². The third kappa shape index (κ3) is 4.78. The van der Waals surface area contributed by atoms with E-state index in [-0.39, 0.29) is 0 Å². The molecule has 0 aromatic heterocycles. The van der Waals surface area contributed by atoms with Crippen molar-refractivity contribution < 1.29 is 4.74 Å². The maximum atomic E-state index is 5.87. The van der Waals surface area contributed by atoms with E-state index < -0.39 is 0 Å². The Balaban J connectivity index is 1.77.